The number of para-hydroxylation sites is 1. The SMILES string of the molecule is Cc1cc(Oc2ccc3c4ccccc4n(-c4cc(C)ccn4)c3c2)cc(-n2nc(C)c(C3C(C(C)C)=C[C@H](C(C)C)C[C@@H]3C(C)C)c2C)c1. The van der Waals surface area contributed by atoms with Gasteiger partial charge in [0.05, 0.1) is 22.4 Å². The van der Waals surface area contributed by atoms with Crippen LogP contribution in [0.2, 0.25) is 0 Å². The lowest BCUT2D eigenvalue weighted by Gasteiger charge is -2.41. The summed E-state index contributed by atoms with van der Waals surface area (Å²) in [6.07, 6.45) is 5.73. The van der Waals surface area contributed by atoms with E-state index in [1.54, 1.807) is 5.57 Å². The normalized spacial score (nSPS) is 18.2. The number of pyridine rings is 1. The molecule has 258 valence electrons. The van der Waals surface area contributed by atoms with Crippen LogP contribution in [0.1, 0.15) is 82.0 Å². The van der Waals surface area contributed by atoms with Gasteiger partial charge in [0.25, 0.3) is 0 Å². The number of hydrogen-bond acceptors (Lipinski definition) is 3. The summed E-state index contributed by atoms with van der Waals surface area (Å²) in [6, 6.07) is 25.5. The molecular formula is C45H52N4O. The van der Waals surface area contributed by atoms with E-state index in [2.05, 4.69) is 151 Å². The van der Waals surface area contributed by atoms with Crippen LogP contribution in [0.3, 0.4) is 0 Å². The largest absolute Gasteiger partial charge is 0.457 e. The molecule has 0 bridgehead atoms. The molecule has 5 heteroatoms. The van der Waals surface area contributed by atoms with Gasteiger partial charge in [0.2, 0.25) is 0 Å². The van der Waals surface area contributed by atoms with Crippen molar-refractivity contribution in [3.63, 3.8) is 0 Å². The van der Waals surface area contributed by atoms with Crippen LogP contribution in [0.25, 0.3) is 33.3 Å². The van der Waals surface area contributed by atoms with E-state index in [-0.39, 0.29) is 0 Å². The van der Waals surface area contributed by atoms with E-state index in [1.165, 1.54) is 34.0 Å². The summed E-state index contributed by atoms with van der Waals surface area (Å²) in [4.78, 5) is 4.75. The fourth-order valence-corrected chi connectivity index (χ4v) is 8.48. The topological polar surface area (TPSA) is 44.9 Å². The van der Waals surface area contributed by atoms with Gasteiger partial charge in [-0.15, -0.1) is 0 Å². The molecule has 0 N–H and O–H groups in total. The summed E-state index contributed by atoms with van der Waals surface area (Å²) in [5.74, 6) is 5.78. The van der Waals surface area contributed by atoms with Crippen LogP contribution in [0.15, 0.2) is 90.6 Å². The molecular weight excluding hydrogens is 613 g/mol. The van der Waals surface area contributed by atoms with Gasteiger partial charge in [-0.05, 0) is 117 Å². The van der Waals surface area contributed by atoms with Gasteiger partial charge in [0.1, 0.15) is 17.3 Å². The summed E-state index contributed by atoms with van der Waals surface area (Å²) in [6.45, 7) is 23.0. The van der Waals surface area contributed by atoms with E-state index in [1.807, 2.05) is 12.3 Å². The molecule has 3 aromatic heterocycles. The molecule has 0 radical (unpaired) electrons. The lowest BCUT2D eigenvalue weighted by atomic mass is 9.63. The number of aryl methyl sites for hydroxylation is 3. The maximum atomic E-state index is 6.68. The number of nitrogens with zero attached hydrogens (tertiary/aromatic N) is 4. The minimum Gasteiger partial charge on any atom is -0.457 e. The Morgan fingerprint density at radius 2 is 1.50 bits per heavy atom. The Morgan fingerprint density at radius 3 is 2.22 bits per heavy atom. The van der Waals surface area contributed by atoms with Gasteiger partial charge in [0.15, 0.2) is 0 Å². The number of benzene rings is 3. The molecule has 5 nitrogen and oxygen atoms in total. The first-order valence-electron chi connectivity index (χ1n) is 18.4. The predicted molar refractivity (Wildman–Crippen MR) is 208 cm³/mol. The van der Waals surface area contributed by atoms with Gasteiger partial charge in [0, 0.05) is 46.3 Å². The van der Waals surface area contributed by atoms with E-state index < -0.39 is 0 Å². The zero-order chi connectivity index (χ0) is 35.4. The summed E-state index contributed by atoms with van der Waals surface area (Å²) < 4.78 is 11.1. The van der Waals surface area contributed by atoms with E-state index >= 15 is 0 Å². The van der Waals surface area contributed by atoms with Crippen molar-refractivity contribution in [2.75, 3.05) is 0 Å². The molecule has 3 atom stereocenters. The second kappa shape index (κ2) is 13.2. The highest BCUT2D eigenvalue weighted by atomic mass is 16.5. The van der Waals surface area contributed by atoms with Crippen LogP contribution < -0.4 is 4.74 Å². The van der Waals surface area contributed by atoms with Gasteiger partial charge >= 0.3 is 0 Å². The highest BCUT2D eigenvalue weighted by Gasteiger charge is 2.39. The van der Waals surface area contributed by atoms with Crippen molar-refractivity contribution in [1.29, 1.82) is 0 Å². The Labute approximate surface area is 298 Å². The van der Waals surface area contributed by atoms with Crippen molar-refractivity contribution >= 4 is 21.8 Å². The number of aromatic nitrogens is 4. The van der Waals surface area contributed by atoms with E-state index in [0.29, 0.717) is 35.5 Å². The molecule has 50 heavy (non-hydrogen) atoms. The number of rotatable bonds is 8. The van der Waals surface area contributed by atoms with E-state index in [4.69, 9.17) is 14.8 Å². The van der Waals surface area contributed by atoms with Crippen molar-refractivity contribution in [1.82, 2.24) is 19.3 Å². The first-order chi connectivity index (χ1) is 23.9. The molecule has 7 rings (SSSR count). The predicted octanol–water partition coefficient (Wildman–Crippen LogP) is 12.0. The second-order valence-corrected chi connectivity index (χ2v) is 15.7. The third-order valence-corrected chi connectivity index (χ3v) is 11.1. The number of ether oxygens (including phenoxy) is 1. The Hall–Kier alpha value is -4.64. The minimum atomic E-state index is 0.376. The number of allylic oxidation sites excluding steroid dienone is 2. The van der Waals surface area contributed by atoms with E-state index in [9.17, 15) is 0 Å². The highest BCUT2D eigenvalue weighted by Crippen LogP contribution is 2.50. The average molecular weight is 665 g/mol. The lowest BCUT2D eigenvalue weighted by Crippen LogP contribution is -2.31. The zero-order valence-corrected chi connectivity index (χ0v) is 31.5. The van der Waals surface area contributed by atoms with Gasteiger partial charge in [-0.1, -0.05) is 71.4 Å². The van der Waals surface area contributed by atoms with Crippen molar-refractivity contribution in [2.24, 2.45) is 29.6 Å². The summed E-state index contributed by atoms with van der Waals surface area (Å²) in [5.41, 5.74) is 10.9. The molecule has 0 fully saturated rings. The fraction of sp³-hybridized carbons (Fsp3) is 0.378. The number of hydrogen-bond donors (Lipinski definition) is 0. The van der Waals surface area contributed by atoms with Crippen molar-refractivity contribution < 1.29 is 4.74 Å². The Morgan fingerprint density at radius 1 is 0.740 bits per heavy atom. The first kappa shape index (κ1) is 33.8. The Balaban J connectivity index is 1.28. The molecule has 1 aliphatic rings. The Bertz CT molecular complexity index is 2230. The van der Waals surface area contributed by atoms with Crippen LogP contribution in [-0.2, 0) is 0 Å². The van der Waals surface area contributed by atoms with Gasteiger partial charge in [-0.2, -0.15) is 5.10 Å². The van der Waals surface area contributed by atoms with Crippen molar-refractivity contribution in [3.05, 3.63) is 119 Å². The third-order valence-electron chi connectivity index (χ3n) is 11.1. The fourth-order valence-electron chi connectivity index (χ4n) is 8.48. The quantitative estimate of drug-likeness (QED) is 0.152. The van der Waals surface area contributed by atoms with Crippen molar-refractivity contribution in [3.8, 4) is 23.0 Å². The number of fused-ring (bicyclic) bond motifs is 3. The van der Waals surface area contributed by atoms with Crippen LogP contribution in [0, 0.1) is 57.3 Å². The molecule has 0 aliphatic heterocycles. The average Bonchev–Trinajstić information content (AvgIpc) is 3.56. The smallest absolute Gasteiger partial charge is 0.137 e. The lowest BCUT2D eigenvalue weighted by molar-refractivity contribution is 0.232. The highest BCUT2D eigenvalue weighted by molar-refractivity contribution is 6.09. The molecule has 0 saturated carbocycles. The van der Waals surface area contributed by atoms with Crippen LogP contribution in [0.4, 0.5) is 0 Å². The first-order valence-corrected chi connectivity index (χ1v) is 18.4. The third kappa shape index (κ3) is 6.05. The molecule has 0 spiro atoms. The zero-order valence-electron chi connectivity index (χ0n) is 31.5. The Kier molecular flexibility index (Phi) is 8.96. The molecule has 3 heterocycles. The van der Waals surface area contributed by atoms with Crippen LogP contribution in [0.5, 0.6) is 11.5 Å². The molecule has 0 amide bonds. The van der Waals surface area contributed by atoms with Crippen LogP contribution >= 0.6 is 0 Å². The maximum Gasteiger partial charge on any atom is 0.137 e. The monoisotopic (exact) mass is 664 g/mol. The molecule has 1 unspecified atom stereocenters. The summed E-state index contributed by atoms with van der Waals surface area (Å²) in [5, 5.41) is 7.60. The molecule has 6 aromatic rings. The van der Waals surface area contributed by atoms with Crippen LogP contribution in [-0.4, -0.2) is 19.3 Å². The van der Waals surface area contributed by atoms with Gasteiger partial charge in [-0.25, -0.2) is 9.67 Å². The van der Waals surface area contributed by atoms with E-state index in [0.717, 1.165) is 45.3 Å². The molecule has 3 aromatic carbocycles. The molecule has 0 saturated heterocycles. The van der Waals surface area contributed by atoms with Gasteiger partial charge in [-0.3, -0.25) is 4.57 Å². The minimum absolute atomic E-state index is 0.376. The summed E-state index contributed by atoms with van der Waals surface area (Å²) >= 11 is 0. The second-order valence-electron chi connectivity index (χ2n) is 15.7. The maximum absolute atomic E-state index is 6.68. The molecule has 1 aliphatic carbocycles. The van der Waals surface area contributed by atoms with Crippen molar-refractivity contribution in [2.45, 2.75) is 81.6 Å². The van der Waals surface area contributed by atoms with Gasteiger partial charge < -0.3 is 4.74 Å². The summed E-state index contributed by atoms with van der Waals surface area (Å²) in [7, 11) is 0. The standard InChI is InChI=1S/C45H52N4O/c1-26(2)33-22-39(27(3)4)45(40(23-33)28(5)6)44-31(9)47-49(32(44)10)34-19-30(8)20-36(24-34)50-35-15-16-38-37-13-11-12-14-41(37)48(42(38)25-35)43-21-29(7)17-18-46-43/h11-22,24-28,33,40,45H,23H2,1-10H3/t33-,40+,45?/m0/s1.